The average Bonchev–Trinajstić information content (AvgIpc) is 2.02. The third-order valence-electron chi connectivity index (χ3n) is 1.69. The first-order chi connectivity index (χ1) is 6.38. The molecule has 1 aromatic rings. The lowest BCUT2D eigenvalue weighted by Crippen LogP contribution is -2.14. The van der Waals surface area contributed by atoms with Crippen LogP contribution >= 0.6 is 0 Å². The lowest BCUT2D eigenvalue weighted by atomic mass is 10.1. The molecule has 0 saturated carbocycles. The molecule has 0 aliphatic rings. The number of hydrogen-bond donors (Lipinski definition) is 1. The molecule has 0 fully saturated rings. The number of hydrogen-bond acceptors (Lipinski definition) is 3. The van der Waals surface area contributed by atoms with Crippen molar-refractivity contribution in [3.05, 3.63) is 35.4 Å². The summed E-state index contributed by atoms with van der Waals surface area (Å²) in [6, 6.07) is 6.47. The Hall–Kier alpha value is -1.20. The Morgan fingerprint density at radius 3 is 2.21 bits per heavy atom. The number of carbonyl (C=O) groups excluding carboxylic acids is 1. The first-order valence-corrected chi connectivity index (χ1v) is 5.54. The van der Waals surface area contributed by atoms with Crippen LogP contribution in [0.25, 0.3) is 0 Å². The molecule has 0 aliphatic heterocycles. The molecule has 0 amide bonds. The lowest BCUT2D eigenvalue weighted by Gasteiger charge is -1.98. The average molecular weight is 214 g/mol. The van der Waals surface area contributed by atoms with Gasteiger partial charge in [-0.15, -0.1) is 0 Å². The molecule has 0 aromatic heterocycles. The summed E-state index contributed by atoms with van der Waals surface area (Å²) in [6.07, 6.45) is 0. The summed E-state index contributed by atoms with van der Waals surface area (Å²) in [5.74, 6) is -1.47. The van der Waals surface area contributed by atoms with Crippen LogP contribution < -0.4 is 0 Å². The number of benzene rings is 1. The summed E-state index contributed by atoms with van der Waals surface area (Å²) >= 11 is 0. The van der Waals surface area contributed by atoms with Crippen molar-refractivity contribution in [2.75, 3.05) is 5.75 Å². The molecule has 76 valence electrons. The largest absolute Gasteiger partial charge is 0.293 e. The third-order valence-corrected chi connectivity index (χ3v) is 2.31. The summed E-state index contributed by atoms with van der Waals surface area (Å²) in [6.45, 7) is 1.86. The normalized spacial score (nSPS) is 11.3. The monoisotopic (exact) mass is 214 g/mol. The van der Waals surface area contributed by atoms with E-state index in [1.165, 1.54) is 12.1 Å². The molecule has 0 radical (unpaired) electrons. The van der Waals surface area contributed by atoms with Crippen LogP contribution in [0, 0.1) is 6.92 Å². The highest BCUT2D eigenvalue weighted by Gasteiger charge is 2.14. The van der Waals surface area contributed by atoms with Crippen molar-refractivity contribution in [3.63, 3.8) is 0 Å². The van der Waals surface area contributed by atoms with Gasteiger partial charge >= 0.3 is 0 Å². The van der Waals surface area contributed by atoms with Crippen molar-refractivity contribution in [1.29, 1.82) is 0 Å². The summed E-state index contributed by atoms with van der Waals surface area (Å²) in [4.78, 5) is 11.2. The fraction of sp³-hybridized carbons (Fsp3) is 0.222. The Kier molecular flexibility index (Phi) is 3.03. The van der Waals surface area contributed by atoms with Crippen LogP contribution in [0.1, 0.15) is 15.9 Å². The maximum absolute atomic E-state index is 11.2. The van der Waals surface area contributed by atoms with E-state index >= 15 is 0 Å². The fourth-order valence-corrected chi connectivity index (χ4v) is 1.49. The zero-order valence-corrected chi connectivity index (χ0v) is 8.41. The zero-order chi connectivity index (χ0) is 10.8. The smallest absolute Gasteiger partial charge is 0.272 e. The second kappa shape index (κ2) is 3.89. The van der Waals surface area contributed by atoms with Gasteiger partial charge in [0.25, 0.3) is 10.1 Å². The van der Waals surface area contributed by atoms with Crippen LogP contribution in [-0.2, 0) is 10.1 Å². The molecule has 0 aliphatic carbocycles. The Bertz CT molecular complexity index is 430. The van der Waals surface area contributed by atoms with Crippen molar-refractivity contribution >= 4 is 15.9 Å². The second-order valence-corrected chi connectivity index (χ2v) is 4.47. The van der Waals surface area contributed by atoms with Crippen LogP contribution in [0.3, 0.4) is 0 Å². The lowest BCUT2D eigenvalue weighted by molar-refractivity contribution is 0.101. The van der Waals surface area contributed by atoms with Crippen molar-refractivity contribution in [2.24, 2.45) is 0 Å². The first kappa shape index (κ1) is 10.9. The molecule has 0 saturated heterocycles. The number of carbonyl (C=O) groups is 1. The van der Waals surface area contributed by atoms with E-state index in [1.807, 2.05) is 6.92 Å². The number of ketones is 1. The van der Waals surface area contributed by atoms with Gasteiger partial charge in [-0.2, -0.15) is 8.42 Å². The van der Waals surface area contributed by atoms with Crippen molar-refractivity contribution in [2.45, 2.75) is 6.92 Å². The van der Waals surface area contributed by atoms with Crippen molar-refractivity contribution < 1.29 is 17.8 Å². The van der Waals surface area contributed by atoms with Gasteiger partial charge in [0.15, 0.2) is 5.78 Å². The van der Waals surface area contributed by atoms with E-state index in [9.17, 15) is 13.2 Å². The second-order valence-electron chi connectivity index (χ2n) is 3.02. The highest BCUT2D eigenvalue weighted by molar-refractivity contribution is 7.86. The maximum atomic E-state index is 11.2. The van der Waals surface area contributed by atoms with E-state index < -0.39 is 21.7 Å². The van der Waals surface area contributed by atoms with Gasteiger partial charge in [0.05, 0.1) is 0 Å². The van der Waals surface area contributed by atoms with Gasteiger partial charge in [0.1, 0.15) is 5.75 Å². The van der Waals surface area contributed by atoms with E-state index in [1.54, 1.807) is 12.1 Å². The van der Waals surface area contributed by atoms with Crippen LogP contribution in [0.4, 0.5) is 0 Å². The number of aryl methyl sites for hydroxylation is 1. The molecule has 4 nitrogen and oxygen atoms in total. The zero-order valence-electron chi connectivity index (χ0n) is 7.60. The third kappa shape index (κ3) is 3.27. The highest BCUT2D eigenvalue weighted by Crippen LogP contribution is 2.05. The molecule has 0 atom stereocenters. The van der Waals surface area contributed by atoms with Crippen molar-refractivity contribution in [1.82, 2.24) is 0 Å². The van der Waals surface area contributed by atoms with Gasteiger partial charge in [-0.05, 0) is 6.92 Å². The van der Waals surface area contributed by atoms with E-state index in [0.717, 1.165) is 5.56 Å². The molecule has 0 unspecified atom stereocenters. The summed E-state index contributed by atoms with van der Waals surface area (Å²) in [5.41, 5.74) is 1.27. The molecule has 1 N–H and O–H groups in total. The van der Waals surface area contributed by atoms with Crippen LogP contribution in [-0.4, -0.2) is 24.5 Å². The fourth-order valence-electron chi connectivity index (χ4n) is 0.988. The van der Waals surface area contributed by atoms with Gasteiger partial charge in [-0.25, -0.2) is 0 Å². The number of Topliss-reactive ketones (excluding diaryl/α,β-unsaturated/α-hetero) is 1. The maximum Gasteiger partial charge on any atom is 0.272 e. The molecular formula is C9H10O4S. The molecule has 5 heteroatoms. The molecular weight excluding hydrogens is 204 g/mol. The van der Waals surface area contributed by atoms with E-state index in [-0.39, 0.29) is 5.56 Å². The summed E-state index contributed by atoms with van der Waals surface area (Å²) in [5, 5.41) is 0. The van der Waals surface area contributed by atoms with Gasteiger partial charge in [-0.1, -0.05) is 29.8 Å². The predicted molar refractivity (Wildman–Crippen MR) is 51.9 cm³/mol. The minimum atomic E-state index is -4.23. The van der Waals surface area contributed by atoms with Crippen molar-refractivity contribution in [3.8, 4) is 0 Å². The van der Waals surface area contributed by atoms with E-state index in [0.29, 0.717) is 0 Å². The van der Waals surface area contributed by atoms with Crippen LogP contribution in [0.5, 0.6) is 0 Å². The Morgan fingerprint density at radius 2 is 1.79 bits per heavy atom. The van der Waals surface area contributed by atoms with Gasteiger partial charge in [0, 0.05) is 5.56 Å². The summed E-state index contributed by atoms with van der Waals surface area (Å²) < 4.78 is 29.3. The molecule has 14 heavy (non-hydrogen) atoms. The predicted octanol–water partition coefficient (Wildman–Crippen LogP) is 1.07. The topological polar surface area (TPSA) is 71.4 Å². The van der Waals surface area contributed by atoms with E-state index in [2.05, 4.69) is 0 Å². The molecule has 0 spiro atoms. The van der Waals surface area contributed by atoms with Crippen LogP contribution in [0.15, 0.2) is 24.3 Å². The van der Waals surface area contributed by atoms with Gasteiger partial charge in [-0.3, -0.25) is 9.35 Å². The quantitative estimate of drug-likeness (QED) is 0.603. The summed E-state index contributed by atoms with van der Waals surface area (Å²) in [7, 11) is -4.23. The minimum Gasteiger partial charge on any atom is -0.293 e. The standard InChI is InChI=1S/C9H10O4S/c1-7-2-4-8(5-3-7)9(10)6-14(11,12)13/h2-5H,6H2,1H3,(H,11,12,13). The Balaban J connectivity index is 2.86. The molecule has 1 aromatic carbocycles. The first-order valence-electron chi connectivity index (χ1n) is 3.93. The molecule has 0 heterocycles. The van der Waals surface area contributed by atoms with E-state index in [4.69, 9.17) is 4.55 Å². The Morgan fingerprint density at radius 1 is 1.29 bits per heavy atom. The SMILES string of the molecule is Cc1ccc(C(=O)CS(=O)(=O)O)cc1. The van der Waals surface area contributed by atoms with Gasteiger partial charge in [0.2, 0.25) is 0 Å². The molecule has 0 bridgehead atoms. The highest BCUT2D eigenvalue weighted by atomic mass is 32.2. The van der Waals surface area contributed by atoms with Crippen LogP contribution in [0.2, 0.25) is 0 Å². The van der Waals surface area contributed by atoms with Gasteiger partial charge < -0.3 is 0 Å². The Labute approximate surface area is 82.3 Å². The number of rotatable bonds is 3. The molecule has 1 rings (SSSR count). The minimum absolute atomic E-state index is 0.285.